The Morgan fingerprint density at radius 2 is 1.67 bits per heavy atom. The van der Waals surface area contributed by atoms with E-state index in [1.54, 1.807) is 13.8 Å². The van der Waals surface area contributed by atoms with E-state index in [4.69, 9.17) is 0 Å². The molecule has 0 heterocycles. The van der Waals surface area contributed by atoms with Gasteiger partial charge in [0.2, 0.25) is 0 Å². The van der Waals surface area contributed by atoms with Crippen molar-refractivity contribution in [3.63, 3.8) is 0 Å². The van der Waals surface area contributed by atoms with Gasteiger partial charge in [-0.05, 0) is 19.8 Å². The van der Waals surface area contributed by atoms with E-state index < -0.39 is 17.8 Å². The van der Waals surface area contributed by atoms with Gasteiger partial charge < -0.3 is 4.74 Å². The summed E-state index contributed by atoms with van der Waals surface area (Å²) in [6.07, 6.45) is 7.90. The van der Waals surface area contributed by atoms with E-state index in [1.165, 1.54) is 25.7 Å². The Morgan fingerprint density at radius 1 is 1.10 bits per heavy atom. The van der Waals surface area contributed by atoms with Crippen LogP contribution in [0.4, 0.5) is 8.78 Å². The summed E-state index contributed by atoms with van der Waals surface area (Å²) in [6, 6.07) is 0. The van der Waals surface area contributed by atoms with E-state index in [0.717, 1.165) is 19.3 Å². The normalized spacial score (nSPS) is 14.8. The molecule has 0 spiro atoms. The number of ether oxygens (including phenoxy) is 1. The third kappa shape index (κ3) is 7.75. The molecule has 0 radical (unpaired) electrons. The molecule has 0 N–H and O–H groups in total. The molecular formula is C16H29F2IO2. The smallest absolute Gasteiger partial charge is 0.377 e. The minimum atomic E-state index is -3.38. The maximum absolute atomic E-state index is 14.1. The summed E-state index contributed by atoms with van der Waals surface area (Å²) in [5, 5.41) is 0. The van der Waals surface area contributed by atoms with Crippen LogP contribution < -0.4 is 0 Å². The molecule has 0 aromatic carbocycles. The van der Waals surface area contributed by atoms with Crippen LogP contribution in [0.5, 0.6) is 0 Å². The van der Waals surface area contributed by atoms with Crippen molar-refractivity contribution in [2.24, 2.45) is 5.92 Å². The van der Waals surface area contributed by atoms with E-state index in [1.807, 2.05) is 0 Å². The molecule has 0 aromatic heterocycles. The van der Waals surface area contributed by atoms with Gasteiger partial charge in [0.15, 0.2) is 0 Å². The van der Waals surface area contributed by atoms with Crippen molar-refractivity contribution in [1.82, 2.24) is 0 Å². The lowest BCUT2D eigenvalue weighted by atomic mass is 9.91. The first-order valence-electron chi connectivity index (χ1n) is 8.10. The Bertz CT molecular complexity index is 285. The highest BCUT2D eigenvalue weighted by molar-refractivity contribution is 14.1. The molecule has 2 unspecified atom stereocenters. The highest BCUT2D eigenvalue weighted by atomic mass is 127. The standard InChI is InChI=1S/C16H29F2IO2/c1-4-7-8-9-10-11-12-14(19)13(5-2)16(17,18)15(20)21-6-3/h13-14H,4-12H2,1-3H3. The lowest BCUT2D eigenvalue weighted by Crippen LogP contribution is -2.42. The molecule has 0 rings (SSSR count). The molecule has 0 saturated carbocycles. The molecule has 0 aliphatic rings. The second-order valence-electron chi connectivity index (χ2n) is 5.43. The largest absolute Gasteiger partial charge is 0.462 e. The maximum atomic E-state index is 14.1. The lowest BCUT2D eigenvalue weighted by Gasteiger charge is -2.28. The average Bonchev–Trinajstić information content (AvgIpc) is 2.43. The third-order valence-electron chi connectivity index (χ3n) is 3.72. The fourth-order valence-electron chi connectivity index (χ4n) is 2.44. The molecule has 0 aliphatic carbocycles. The van der Waals surface area contributed by atoms with Crippen molar-refractivity contribution < 1.29 is 18.3 Å². The summed E-state index contributed by atoms with van der Waals surface area (Å²) in [4.78, 5) is 11.4. The Balaban J connectivity index is 4.28. The molecule has 2 nitrogen and oxygen atoms in total. The first kappa shape index (κ1) is 21.1. The molecule has 0 aliphatic heterocycles. The molecule has 126 valence electrons. The Labute approximate surface area is 141 Å². The minimum absolute atomic E-state index is 0.00576. The van der Waals surface area contributed by atoms with Gasteiger partial charge in [-0.15, -0.1) is 0 Å². The predicted octanol–water partition coefficient (Wildman–Crippen LogP) is 5.77. The van der Waals surface area contributed by atoms with Crippen LogP contribution in [0.25, 0.3) is 0 Å². The fourth-order valence-corrected chi connectivity index (χ4v) is 3.84. The maximum Gasteiger partial charge on any atom is 0.377 e. The van der Waals surface area contributed by atoms with Crippen LogP contribution in [0.1, 0.15) is 72.1 Å². The zero-order valence-corrected chi connectivity index (χ0v) is 15.6. The van der Waals surface area contributed by atoms with E-state index >= 15 is 0 Å². The van der Waals surface area contributed by atoms with Crippen molar-refractivity contribution >= 4 is 28.6 Å². The predicted molar refractivity (Wildman–Crippen MR) is 91.2 cm³/mol. The Hall–Kier alpha value is 0.0600. The second-order valence-corrected chi connectivity index (χ2v) is 7.03. The lowest BCUT2D eigenvalue weighted by molar-refractivity contribution is -0.180. The molecule has 5 heteroatoms. The van der Waals surface area contributed by atoms with Crippen LogP contribution in [0.2, 0.25) is 0 Å². The minimum Gasteiger partial charge on any atom is -0.462 e. The molecule has 0 aromatic rings. The SMILES string of the molecule is CCCCCCCCC(I)C(CC)C(F)(F)C(=O)OCC. The second kappa shape index (κ2) is 11.6. The summed E-state index contributed by atoms with van der Waals surface area (Å²) < 4.78 is 32.6. The topological polar surface area (TPSA) is 26.3 Å². The molecule has 2 atom stereocenters. The van der Waals surface area contributed by atoms with Crippen LogP contribution in [-0.4, -0.2) is 22.4 Å². The molecule has 21 heavy (non-hydrogen) atoms. The van der Waals surface area contributed by atoms with Crippen LogP contribution in [0, 0.1) is 5.92 Å². The van der Waals surface area contributed by atoms with Gasteiger partial charge in [-0.3, -0.25) is 0 Å². The number of carbonyl (C=O) groups is 1. The molecule has 0 bridgehead atoms. The van der Waals surface area contributed by atoms with Gasteiger partial charge in [-0.2, -0.15) is 8.78 Å². The van der Waals surface area contributed by atoms with Crippen molar-refractivity contribution in [1.29, 1.82) is 0 Å². The number of carbonyl (C=O) groups excluding carboxylic acids is 1. The zero-order valence-electron chi connectivity index (χ0n) is 13.5. The van der Waals surface area contributed by atoms with E-state index in [9.17, 15) is 13.6 Å². The monoisotopic (exact) mass is 418 g/mol. The number of rotatable bonds is 12. The van der Waals surface area contributed by atoms with Gasteiger partial charge in [0.1, 0.15) is 0 Å². The summed E-state index contributed by atoms with van der Waals surface area (Å²) in [5.41, 5.74) is 0. The first-order valence-corrected chi connectivity index (χ1v) is 9.35. The van der Waals surface area contributed by atoms with Gasteiger partial charge in [-0.25, -0.2) is 4.79 Å². The first-order chi connectivity index (χ1) is 9.91. The van der Waals surface area contributed by atoms with E-state index in [-0.39, 0.29) is 17.0 Å². The van der Waals surface area contributed by atoms with Crippen molar-refractivity contribution in [3.05, 3.63) is 0 Å². The Morgan fingerprint density at radius 3 is 2.19 bits per heavy atom. The number of unbranched alkanes of at least 4 members (excludes halogenated alkanes) is 5. The number of alkyl halides is 3. The number of hydrogen-bond donors (Lipinski definition) is 0. The number of halogens is 3. The van der Waals surface area contributed by atoms with Gasteiger partial charge >= 0.3 is 11.9 Å². The summed E-state index contributed by atoms with van der Waals surface area (Å²) in [5.74, 6) is -5.69. The van der Waals surface area contributed by atoms with Crippen LogP contribution in [0.3, 0.4) is 0 Å². The van der Waals surface area contributed by atoms with Gasteiger partial charge in [-0.1, -0.05) is 75.0 Å². The zero-order chi connectivity index (χ0) is 16.3. The molecule has 0 amide bonds. The van der Waals surface area contributed by atoms with Gasteiger partial charge in [0, 0.05) is 9.84 Å². The van der Waals surface area contributed by atoms with E-state index in [0.29, 0.717) is 0 Å². The number of hydrogen-bond acceptors (Lipinski definition) is 2. The Kier molecular flexibility index (Phi) is 11.6. The summed E-state index contributed by atoms with van der Waals surface area (Å²) in [6.45, 7) is 5.43. The van der Waals surface area contributed by atoms with Gasteiger partial charge in [0.25, 0.3) is 0 Å². The van der Waals surface area contributed by atoms with Crippen molar-refractivity contribution in [3.8, 4) is 0 Å². The highest BCUT2D eigenvalue weighted by Gasteiger charge is 2.50. The molecule has 0 fully saturated rings. The average molecular weight is 418 g/mol. The number of esters is 1. The quantitative estimate of drug-likeness (QED) is 0.174. The third-order valence-corrected chi connectivity index (χ3v) is 5.21. The van der Waals surface area contributed by atoms with Crippen LogP contribution >= 0.6 is 22.6 Å². The molecular weight excluding hydrogens is 389 g/mol. The van der Waals surface area contributed by atoms with Crippen molar-refractivity contribution in [2.45, 2.75) is 82.0 Å². The van der Waals surface area contributed by atoms with Crippen LogP contribution in [-0.2, 0) is 9.53 Å². The highest BCUT2D eigenvalue weighted by Crippen LogP contribution is 2.37. The van der Waals surface area contributed by atoms with Crippen LogP contribution in [0.15, 0.2) is 0 Å². The fraction of sp³-hybridized carbons (Fsp3) is 0.938. The van der Waals surface area contributed by atoms with Gasteiger partial charge in [0.05, 0.1) is 6.61 Å². The van der Waals surface area contributed by atoms with E-state index in [2.05, 4.69) is 34.3 Å². The van der Waals surface area contributed by atoms with Crippen molar-refractivity contribution in [2.75, 3.05) is 6.61 Å². The summed E-state index contributed by atoms with van der Waals surface area (Å²) >= 11 is 2.07. The molecule has 0 saturated heterocycles. The summed E-state index contributed by atoms with van der Waals surface area (Å²) in [7, 11) is 0.